The van der Waals surface area contributed by atoms with Crippen molar-refractivity contribution in [2.45, 2.75) is 38.3 Å². The smallest absolute Gasteiger partial charge is 0.154 e. The molecule has 3 aromatic rings. The van der Waals surface area contributed by atoms with Gasteiger partial charge in [0.05, 0.1) is 0 Å². The Hall–Kier alpha value is -2.43. The number of hydrogen-bond acceptors (Lipinski definition) is 3. The molecule has 1 aliphatic heterocycles. The Morgan fingerprint density at radius 2 is 1.95 bits per heavy atom. The maximum atomic E-state index is 4.40. The van der Waals surface area contributed by atoms with Crippen molar-refractivity contribution in [2.75, 3.05) is 0 Å². The van der Waals surface area contributed by atoms with Crippen LogP contribution in [0, 0.1) is 0 Å². The summed E-state index contributed by atoms with van der Waals surface area (Å²) in [5.74, 6) is 2.73. The average molecular weight is 293 g/mol. The van der Waals surface area contributed by atoms with Crippen molar-refractivity contribution in [3.8, 4) is 0 Å². The van der Waals surface area contributed by atoms with Gasteiger partial charge in [0.15, 0.2) is 5.82 Å². The molecule has 2 aromatic heterocycles. The number of hydrogen-bond donors (Lipinski definition) is 0. The Labute approximate surface area is 129 Å². The monoisotopic (exact) mass is 293 g/mol. The second-order valence-electron chi connectivity index (χ2n) is 5.82. The van der Waals surface area contributed by atoms with E-state index in [0.717, 1.165) is 37.5 Å². The first kappa shape index (κ1) is 13.2. The number of aromatic nitrogens is 5. The zero-order valence-corrected chi connectivity index (χ0v) is 12.5. The molecule has 0 bridgehead atoms. The Morgan fingerprint density at radius 1 is 1.05 bits per heavy atom. The fraction of sp³-hybridized carbons (Fsp3) is 0.353. The molecule has 4 rings (SSSR count). The van der Waals surface area contributed by atoms with Crippen LogP contribution in [0.1, 0.15) is 36.0 Å². The third kappa shape index (κ3) is 2.54. The van der Waals surface area contributed by atoms with Crippen LogP contribution in [-0.4, -0.2) is 24.5 Å². The normalized spacial score (nSPS) is 17.9. The zero-order valence-electron chi connectivity index (χ0n) is 12.5. The summed E-state index contributed by atoms with van der Waals surface area (Å²) >= 11 is 0. The first-order valence-corrected chi connectivity index (χ1v) is 7.83. The molecule has 1 unspecified atom stereocenters. The molecule has 0 fully saturated rings. The highest BCUT2D eigenvalue weighted by Crippen LogP contribution is 2.29. The summed E-state index contributed by atoms with van der Waals surface area (Å²) < 4.78 is 4.18. The van der Waals surface area contributed by atoms with Crippen molar-refractivity contribution in [1.82, 2.24) is 24.5 Å². The Kier molecular flexibility index (Phi) is 3.46. The number of fused-ring (bicyclic) bond motifs is 1. The van der Waals surface area contributed by atoms with Gasteiger partial charge in [-0.25, -0.2) is 0 Å². The van der Waals surface area contributed by atoms with E-state index in [2.05, 4.69) is 50.2 Å². The topological polar surface area (TPSA) is 48.5 Å². The molecule has 0 aliphatic carbocycles. The number of benzene rings is 1. The van der Waals surface area contributed by atoms with Gasteiger partial charge in [-0.1, -0.05) is 30.3 Å². The molecule has 1 aromatic carbocycles. The third-order valence-electron chi connectivity index (χ3n) is 4.46. The highest BCUT2D eigenvalue weighted by Gasteiger charge is 2.21. The van der Waals surface area contributed by atoms with E-state index in [0.29, 0.717) is 12.5 Å². The van der Waals surface area contributed by atoms with E-state index in [1.54, 1.807) is 6.20 Å². The van der Waals surface area contributed by atoms with Gasteiger partial charge in [0.25, 0.3) is 0 Å². The summed E-state index contributed by atoms with van der Waals surface area (Å²) in [4.78, 5) is 0. The van der Waals surface area contributed by atoms with Crippen molar-refractivity contribution < 1.29 is 0 Å². The first-order chi connectivity index (χ1) is 10.9. The predicted molar refractivity (Wildman–Crippen MR) is 83.5 cm³/mol. The summed E-state index contributed by atoms with van der Waals surface area (Å²) in [6.45, 7) is 1.68. The molecule has 0 spiro atoms. The van der Waals surface area contributed by atoms with Gasteiger partial charge in [0, 0.05) is 25.4 Å². The number of nitrogens with zero attached hydrogens (tertiary/aromatic N) is 5. The van der Waals surface area contributed by atoms with Gasteiger partial charge in [-0.3, -0.25) is 4.68 Å². The standard InChI is InChI=1S/C17H19N5/c1-2-5-14(6-3-1)15-7-8-16-19-20-17(22(16)12-9-15)13-21-11-4-10-18-21/h1-6,10-11,15H,7-9,12-13H2. The minimum Gasteiger partial charge on any atom is -0.313 e. The van der Waals surface area contributed by atoms with E-state index >= 15 is 0 Å². The second kappa shape index (κ2) is 5.75. The van der Waals surface area contributed by atoms with E-state index in [4.69, 9.17) is 0 Å². The van der Waals surface area contributed by atoms with Crippen LogP contribution in [0.15, 0.2) is 48.8 Å². The molecule has 0 saturated carbocycles. The lowest BCUT2D eigenvalue weighted by molar-refractivity contribution is 0.534. The molecule has 5 nitrogen and oxygen atoms in total. The highest BCUT2D eigenvalue weighted by atomic mass is 15.3. The van der Waals surface area contributed by atoms with Crippen LogP contribution in [-0.2, 0) is 19.5 Å². The SMILES string of the molecule is c1ccc(C2CCc3nnc(Cn4cccn4)n3CC2)cc1. The highest BCUT2D eigenvalue weighted by molar-refractivity contribution is 5.20. The van der Waals surface area contributed by atoms with Gasteiger partial charge in [-0.15, -0.1) is 10.2 Å². The summed E-state index contributed by atoms with van der Waals surface area (Å²) in [5, 5.41) is 13.0. The van der Waals surface area contributed by atoms with E-state index < -0.39 is 0 Å². The zero-order chi connectivity index (χ0) is 14.8. The van der Waals surface area contributed by atoms with Crippen LogP contribution in [0.4, 0.5) is 0 Å². The summed E-state index contributed by atoms with van der Waals surface area (Å²) in [5.41, 5.74) is 1.44. The molecule has 1 atom stereocenters. The van der Waals surface area contributed by atoms with Crippen molar-refractivity contribution >= 4 is 0 Å². The Morgan fingerprint density at radius 3 is 2.77 bits per heavy atom. The molecular weight excluding hydrogens is 274 g/mol. The minimum atomic E-state index is 0.612. The van der Waals surface area contributed by atoms with Crippen LogP contribution in [0.3, 0.4) is 0 Å². The molecular formula is C17H19N5. The number of aryl methyl sites for hydroxylation is 1. The molecule has 1 aliphatic rings. The van der Waals surface area contributed by atoms with Crippen LogP contribution in [0.2, 0.25) is 0 Å². The first-order valence-electron chi connectivity index (χ1n) is 7.83. The average Bonchev–Trinajstić information content (AvgIpc) is 3.15. The van der Waals surface area contributed by atoms with Gasteiger partial charge in [-0.05, 0) is 30.4 Å². The fourth-order valence-electron chi connectivity index (χ4n) is 3.26. The fourth-order valence-corrected chi connectivity index (χ4v) is 3.26. The lowest BCUT2D eigenvalue weighted by Gasteiger charge is -2.14. The maximum absolute atomic E-state index is 4.40. The molecule has 112 valence electrons. The lowest BCUT2D eigenvalue weighted by atomic mass is 9.92. The molecule has 0 N–H and O–H groups in total. The van der Waals surface area contributed by atoms with Crippen molar-refractivity contribution in [3.05, 3.63) is 66.0 Å². The quantitative estimate of drug-likeness (QED) is 0.746. The van der Waals surface area contributed by atoms with Crippen molar-refractivity contribution in [3.63, 3.8) is 0 Å². The van der Waals surface area contributed by atoms with E-state index in [1.807, 2.05) is 16.9 Å². The summed E-state index contributed by atoms with van der Waals surface area (Å²) in [7, 11) is 0. The minimum absolute atomic E-state index is 0.612. The summed E-state index contributed by atoms with van der Waals surface area (Å²) in [6.07, 6.45) is 7.03. The largest absolute Gasteiger partial charge is 0.313 e. The molecule has 0 amide bonds. The molecule has 0 saturated heterocycles. The van der Waals surface area contributed by atoms with E-state index in [-0.39, 0.29) is 0 Å². The van der Waals surface area contributed by atoms with Crippen molar-refractivity contribution in [2.24, 2.45) is 0 Å². The van der Waals surface area contributed by atoms with Crippen LogP contribution in [0.5, 0.6) is 0 Å². The number of rotatable bonds is 3. The van der Waals surface area contributed by atoms with Crippen LogP contribution in [0.25, 0.3) is 0 Å². The van der Waals surface area contributed by atoms with Gasteiger partial charge in [-0.2, -0.15) is 5.10 Å². The predicted octanol–water partition coefficient (Wildman–Crippen LogP) is 2.64. The molecule has 5 heteroatoms. The van der Waals surface area contributed by atoms with Gasteiger partial charge in [0.2, 0.25) is 0 Å². The van der Waals surface area contributed by atoms with E-state index in [1.165, 1.54) is 5.56 Å². The van der Waals surface area contributed by atoms with Gasteiger partial charge in [0.1, 0.15) is 12.4 Å². The van der Waals surface area contributed by atoms with Gasteiger partial charge < -0.3 is 4.57 Å². The third-order valence-corrected chi connectivity index (χ3v) is 4.46. The van der Waals surface area contributed by atoms with Crippen LogP contribution >= 0.6 is 0 Å². The maximum Gasteiger partial charge on any atom is 0.154 e. The molecule has 22 heavy (non-hydrogen) atoms. The Balaban J connectivity index is 1.54. The Bertz CT molecular complexity index is 730. The second-order valence-corrected chi connectivity index (χ2v) is 5.82. The van der Waals surface area contributed by atoms with E-state index in [9.17, 15) is 0 Å². The molecule has 3 heterocycles. The lowest BCUT2D eigenvalue weighted by Crippen LogP contribution is -2.11. The molecule has 0 radical (unpaired) electrons. The van der Waals surface area contributed by atoms with Crippen LogP contribution < -0.4 is 0 Å². The van der Waals surface area contributed by atoms with Gasteiger partial charge >= 0.3 is 0 Å². The summed E-state index contributed by atoms with van der Waals surface area (Å²) in [6, 6.07) is 12.7. The van der Waals surface area contributed by atoms with Crippen molar-refractivity contribution in [1.29, 1.82) is 0 Å².